The van der Waals surface area contributed by atoms with Gasteiger partial charge in [0.2, 0.25) is 0 Å². The molecule has 0 radical (unpaired) electrons. The third-order valence-corrected chi connectivity index (χ3v) is 5.74. The molecule has 0 N–H and O–H groups in total. The molecule has 0 unspecified atom stereocenters. The molecule has 4 aromatic rings. The van der Waals surface area contributed by atoms with Crippen molar-refractivity contribution in [3.63, 3.8) is 0 Å². The lowest BCUT2D eigenvalue weighted by atomic mass is 9.86. The van der Waals surface area contributed by atoms with Gasteiger partial charge in [-0.1, -0.05) is 63.2 Å². The molecule has 4 nitrogen and oxygen atoms in total. The molecule has 5 heteroatoms. The van der Waals surface area contributed by atoms with Crippen molar-refractivity contribution >= 4 is 34.0 Å². The highest BCUT2D eigenvalue weighted by Crippen LogP contribution is 2.28. The molecule has 0 saturated carbocycles. The fourth-order valence-corrected chi connectivity index (χ4v) is 3.94. The number of hydrogen-bond acceptors (Lipinski definition) is 5. The lowest BCUT2D eigenvalue weighted by Crippen LogP contribution is -2.10. The highest BCUT2D eigenvalue weighted by Gasteiger charge is 2.15. The van der Waals surface area contributed by atoms with Gasteiger partial charge < -0.3 is 4.42 Å². The number of hydrogen-bond donors (Lipinski definition) is 0. The zero-order valence-corrected chi connectivity index (χ0v) is 17.8. The van der Waals surface area contributed by atoms with Crippen LogP contribution in [0.2, 0.25) is 0 Å². The molecule has 148 valence electrons. The summed E-state index contributed by atoms with van der Waals surface area (Å²) in [7, 11) is 0. The Labute approximate surface area is 178 Å². The zero-order chi connectivity index (χ0) is 21.3. The quantitative estimate of drug-likeness (QED) is 0.293. The van der Waals surface area contributed by atoms with Crippen molar-refractivity contribution in [2.45, 2.75) is 26.2 Å². The number of nitriles is 1. The molecule has 2 heterocycles. The Morgan fingerprint density at radius 1 is 1.13 bits per heavy atom. The molecular weight excluding hydrogens is 392 g/mol. The zero-order valence-electron chi connectivity index (χ0n) is 17.0. The molecule has 0 bridgehead atoms. The van der Waals surface area contributed by atoms with Crippen molar-refractivity contribution in [3.05, 3.63) is 86.5 Å². The van der Waals surface area contributed by atoms with Gasteiger partial charge in [0.05, 0.1) is 16.8 Å². The maximum atomic E-state index is 12.4. The van der Waals surface area contributed by atoms with E-state index in [1.54, 1.807) is 17.5 Å². The van der Waals surface area contributed by atoms with E-state index in [2.05, 4.69) is 44.0 Å². The van der Waals surface area contributed by atoms with Crippen LogP contribution >= 0.6 is 11.3 Å². The molecule has 0 aliphatic rings. The molecule has 4 rings (SSSR count). The van der Waals surface area contributed by atoms with Crippen LogP contribution in [-0.4, -0.2) is 4.98 Å². The van der Waals surface area contributed by atoms with Crippen LogP contribution in [0.3, 0.4) is 0 Å². The van der Waals surface area contributed by atoms with Crippen molar-refractivity contribution in [1.82, 2.24) is 4.98 Å². The first-order chi connectivity index (χ1) is 14.3. The van der Waals surface area contributed by atoms with E-state index in [-0.39, 0.29) is 5.41 Å². The second-order valence-corrected chi connectivity index (χ2v) is 8.92. The van der Waals surface area contributed by atoms with Crippen LogP contribution in [0.25, 0.3) is 33.9 Å². The van der Waals surface area contributed by atoms with E-state index in [1.165, 1.54) is 16.9 Å². The maximum absolute atomic E-state index is 12.4. The van der Waals surface area contributed by atoms with Gasteiger partial charge in [0.25, 0.3) is 0 Å². The van der Waals surface area contributed by atoms with E-state index in [4.69, 9.17) is 4.42 Å². The predicted octanol–water partition coefficient (Wildman–Crippen LogP) is 6.28. The van der Waals surface area contributed by atoms with Gasteiger partial charge in [0.1, 0.15) is 16.7 Å². The average molecular weight is 413 g/mol. The van der Waals surface area contributed by atoms with Crippen LogP contribution in [-0.2, 0) is 5.41 Å². The van der Waals surface area contributed by atoms with Crippen LogP contribution in [0.15, 0.2) is 69.2 Å². The van der Waals surface area contributed by atoms with Gasteiger partial charge in [-0.2, -0.15) is 5.26 Å². The van der Waals surface area contributed by atoms with Gasteiger partial charge in [-0.3, -0.25) is 0 Å². The number of fused-ring (bicyclic) bond motifs is 1. The number of allylic oxidation sites excluding steroid dienone is 1. The summed E-state index contributed by atoms with van der Waals surface area (Å²) >= 11 is 1.34. The number of thiazole rings is 1. The van der Waals surface area contributed by atoms with Crippen LogP contribution in [0.4, 0.5) is 0 Å². The number of nitrogens with zero attached hydrogens (tertiary/aromatic N) is 2. The number of rotatable bonds is 3. The summed E-state index contributed by atoms with van der Waals surface area (Å²) in [6.45, 7) is 6.50. The van der Waals surface area contributed by atoms with Crippen molar-refractivity contribution in [2.24, 2.45) is 0 Å². The Hall–Kier alpha value is -3.49. The molecule has 0 atom stereocenters. The Balaban J connectivity index is 1.69. The number of aromatic nitrogens is 1. The lowest BCUT2D eigenvalue weighted by molar-refractivity contribution is 0.563. The topological polar surface area (TPSA) is 66.9 Å². The molecular formula is C25H20N2O2S. The number of benzene rings is 2. The summed E-state index contributed by atoms with van der Waals surface area (Å²) in [5.41, 5.74) is 3.70. The minimum absolute atomic E-state index is 0.0749. The normalized spacial score (nSPS) is 12.1. The molecule has 30 heavy (non-hydrogen) atoms. The van der Waals surface area contributed by atoms with Gasteiger partial charge in [0, 0.05) is 10.8 Å². The van der Waals surface area contributed by atoms with Gasteiger partial charge in [-0.25, -0.2) is 9.78 Å². The van der Waals surface area contributed by atoms with Crippen LogP contribution in [0.1, 0.15) is 36.9 Å². The largest absolute Gasteiger partial charge is 0.422 e. The maximum Gasteiger partial charge on any atom is 0.345 e. The van der Waals surface area contributed by atoms with E-state index >= 15 is 0 Å². The SMILES string of the molecule is CC(C)(C)c1ccc(/C=C(\C#N)c2nc(-c3cc4ccccc4oc3=O)cs2)cc1. The van der Waals surface area contributed by atoms with E-state index in [1.807, 2.05) is 36.4 Å². The molecule has 0 amide bonds. The molecule has 2 aromatic carbocycles. The fraction of sp³-hybridized carbons (Fsp3) is 0.160. The fourth-order valence-electron chi connectivity index (χ4n) is 3.15. The van der Waals surface area contributed by atoms with Crippen molar-refractivity contribution in [1.29, 1.82) is 5.26 Å². The predicted molar refractivity (Wildman–Crippen MR) is 122 cm³/mol. The molecule has 2 aromatic heterocycles. The smallest absolute Gasteiger partial charge is 0.345 e. The minimum atomic E-state index is -0.439. The van der Waals surface area contributed by atoms with Crippen LogP contribution in [0.5, 0.6) is 0 Å². The molecule has 0 spiro atoms. The summed E-state index contributed by atoms with van der Waals surface area (Å²) in [5, 5.41) is 12.9. The van der Waals surface area contributed by atoms with Gasteiger partial charge >= 0.3 is 5.63 Å². The van der Waals surface area contributed by atoms with E-state index in [9.17, 15) is 10.1 Å². The average Bonchev–Trinajstić information content (AvgIpc) is 3.21. The second kappa shape index (κ2) is 7.74. The van der Waals surface area contributed by atoms with Crippen molar-refractivity contribution in [2.75, 3.05) is 0 Å². The Kier molecular flexibility index (Phi) is 5.11. The monoisotopic (exact) mass is 412 g/mol. The minimum Gasteiger partial charge on any atom is -0.422 e. The highest BCUT2D eigenvalue weighted by molar-refractivity contribution is 7.11. The second-order valence-electron chi connectivity index (χ2n) is 8.07. The first-order valence-corrected chi connectivity index (χ1v) is 10.4. The summed E-state index contributed by atoms with van der Waals surface area (Å²) in [4.78, 5) is 16.9. The van der Waals surface area contributed by atoms with Gasteiger partial charge in [-0.15, -0.1) is 11.3 Å². The summed E-state index contributed by atoms with van der Waals surface area (Å²) in [6.07, 6.45) is 1.82. The summed E-state index contributed by atoms with van der Waals surface area (Å²) in [6, 6.07) is 19.5. The first-order valence-electron chi connectivity index (χ1n) is 9.57. The van der Waals surface area contributed by atoms with Crippen molar-refractivity contribution < 1.29 is 4.42 Å². The standard InChI is InChI=1S/C25H20N2O2S/c1-25(2,3)19-10-8-16(9-11-19)12-18(14-26)23-27-21(15-30-23)20-13-17-6-4-5-7-22(17)29-24(20)28/h4-13,15H,1-3H3/b18-12+. The van der Waals surface area contributed by atoms with E-state index in [0.29, 0.717) is 27.4 Å². The molecule has 0 aliphatic heterocycles. The van der Waals surface area contributed by atoms with Crippen molar-refractivity contribution in [3.8, 4) is 17.3 Å². The van der Waals surface area contributed by atoms with E-state index in [0.717, 1.165) is 10.9 Å². The van der Waals surface area contributed by atoms with Crippen LogP contribution < -0.4 is 5.63 Å². The summed E-state index contributed by atoms with van der Waals surface area (Å²) in [5.74, 6) is 0. The Morgan fingerprint density at radius 3 is 2.57 bits per heavy atom. The molecule has 0 saturated heterocycles. The van der Waals surface area contributed by atoms with E-state index < -0.39 is 5.63 Å². The van der Waals surface area contributed by atoms with Gasteiger partial charge in [-0.05, 0) is 34.8 Å². The van der Waals surface area contributed by atoms with Crippen LogP contribution in [0, 0.1) is 11.3 Å². The molecule has 0 aliphatic carbocycles. The highest BCUT2D eigenvalue weighted by atomic mass is 32.1. The van der Waals surface area contributed by atoms with Gasteiger partial charge in [0.15, 0.2) is 0 Å². The molecule has 0 fully saturated rings. The lowest BCUT2D eigenvalue weighted by Gasteiger charge is -2.18. The Bertz CT molecular complexity index is 1350. The summed E-state index contributed by atoms with van der Waals surface area (Å²) < 4.78 is 5.41. The Morgan fingerprint density at radius 2 is 1.87 bits per heavy atom. The first kappa shape index (κ1) is 19.8. The number of para-hydroxylation sites is 1. The third kappa shape index (κ3) is 3.96. The third-order valence-electron chi connectivity index (χ3n) is 4.86.